The Hall–Kier alpha value is -1.03. The van der Waals surface area contributed by atoms with Gasteiger partial charge in [0.15, 0.2) is 0 Å². The van der Waals surface area contributed by atoms with Gasteiger partial charge in [0.05, 0.1) is 10.9 Å². The van der Waals surface area contributed by atoms with E-state index in [4.69, 9.17) is 0 Å². The first-order valence-electron chi connectivity index (χ1n) is 4.49. The Morgan fingerprint density at radius 3 is 2.79 bits per heavy atom. The zero-order valence-corrected chi connectivity index (χ0v) is 9.63. The van der Waals surface area contributed by atoms with Gasteiger partial charge < -0.3 is 0 Å². The Labute approximate surface area is 89.8 Å². The molecular formula is C10H11BrN2O. The van der Waals surface area contributed by atoms with Crippen molar-refractivity contribution in [1.82, 2.24) is 9.78 Å². The fourth-order valence-electron chi connectivity index (χ4n) is 1.53. The summed E-state index contributed by atoms with van der Waals surface area (Å²) in [5.41, 5.74) is 0.917. The molecule has 1 heterocycles. The fraction of sp³-hybridized carbons (Fsp3) is 0.300. The van der Waals surface area contributed by atoms with Crippen LogP contribution in [-0.4, -0.2) is 9.78 Å². The monoisotopic (exact) mass is 254 g/mol. The van der Waals surface area contributed by atoms with Crippen LogP contribution in [0.5, 0.6) is 0 Å². The summed E-state index contributed by atoms with van der Waals surface area (Å²) in [5, 5.41) is 3.56. The molecule has 0 amide bonds. The number of nitrogens with zero attached hydrogens (tertiary/aromatic N) is 1. The van der Waals surface area contributed by atoms with Gasteiger partial charge in [0, 0.05) is 10.5 Å². The lowest BCUT2D eigenvalue weighted by molar-refractivity contribution is 0.546. The van der Waals surface area contributed by atoms with Crippen molar-refractivity contribution in [2.24, 2.45) is 0 Å². The topological polar surface area (TPSA) is 37.8 Å². The van der Waals surface area contributed by atoms with E-state index in [9.17, 15) is 4.79 Å². The van der Waals surface area contributed by atoms with E-state index in [1.165, 1.54) is 0 Å². The number of benzene rings is 1. The van der Waals surface area contributed by atoms with Crippen molar-refractivity contribution in [1.29, 1.82) is 0 Å². The van der Waals surface area contributed by atoms with E-state index < -0.39 is 0 Å². The second kappa shape index (κ2) is 3.28. The lowest BCUT2D eigenvalue weighted by Gasteiger charge is -2.07. The zero-order valence-electron chi connectivity index (χ0n) is 8.04. The number of nitrogens with one attached hydrogen (secondary N) is 1. The molecule has 2 aromatic rings. The highest BCUT2D eigenvalue weighted by atomic mass is 79.9. The molecule has 0 aliphatic rings. The number of rotatable bonds is 1. The van der Waals surface area contributed by atoms with Crippen molar-refractivity contribution in [3.8, 4) is 0 Å². The molecule has 2 rings (SSSR count). The first-order chi connectivity index (χ1) is 6.59. The SMILES string of the molecule is CC(C)n1[nH]c(=O)c2ccc(Br)cc21. The Kier molecular flexibility index (Phi) is 2.23. The first kappa shape index (κ1) is 9.52. The van der Waals surface area contributed by atoms with E-state index in [0.29, 0.717) is 0 Å². The number of aromatic amines is 1. The molecule has 74 valence electrons. The molecule has 0 aliphatic heterocycles. The van der Waals surface area contributed by atoms with Crippen LogP contribution in [0.1, 0.15) is 19.9 Å². The average Bonchev–Trinajstić information content (AvgIpc) is 2.43. The van der Waals surface area contributed by atoms with Crippen molar-refractivity contribution in [3.05, 3.63) is 33.0 Å². The largest absolute Gasteiger partial charge is 0.282 e. The molecule has 0 radical (unpaired) electrons. The average molecular weight is 255 g/mol. The summed E-state index contributed by atoms with van der Waals surface area (Å²) in [6.45, 7) is 4.08. The highest BCUT2D eigenvalue weighted by molar-refractivity contribution is 9.10. The number of fused-ring (bicyclic) bond motifs is 1. The molecule has 0 unspecified atom stereocenters. The summed E-state index contributed by atoms with van der Waals surface area (Å²) in [5.74, 6) is 0. The lowest BCUT2D eigenvalue weighted by Crippen LogP contribution is -2.07. The zero-order chi connectivity index (χ0) is 10.3. The molecule has 1 aromatic carbocycles. The minimum Gasteiger partial charge on any atom is -0.282 e. The molecule has 0 fully saturated rings. The molecule has 1 aromatic heterocycles. The van der Waals surface area contributed by atoms with Crippen molar-refractivity contribution < 1.29 is 0 Å². The minimum atomic E-state index is -0.0267. The van der Waals surface area contributed by atoms with Crippen LogP contribution < -0.4 is 5.56 Å². The first-order valence-corrected chi connectivity index (χ1v) is 5.28. The van der Waals surface area contributed by atoms with E-state index in [0.717, 1.165) is 15.4 Å². The van der Waals surface area contributed by atoms with Gasteiger partial charge in [-0.2, -0.15) is 0 Å². The standard InChI is InChI=1S/C10H11BrN2O/c1-6(2)13-9-5-7(11)3-4-8(9)10(14)12-13/h3-6H,1-2H3,(H,12,14). The van der Waals surface area contributed by atoms with E-state index in [2.05, 4.69) is 21.0 Å². The number of H-pyrrole nitrogens is 1. The number of hydrogen-bond donors (Lipinski definition) is 1. The van der Waals surface area contributed by atoms with Gasteiger partial charge >= 0.3 is 0 Å². The molecule has 0 bridgehead atoms. The minimum absolute atomic E-state index is 0.0267. The van der Waals surface area contributed by atoms with Crippen molar-refractivity contribution in [2.75, 3.05) is 0 Å². The summed E-state index contributed by atoms with van der Waals surface area (Å²) >= 11 is 3.40. The molecule has 3 nitrogen and oxygen atoms in total. The second-order valence-corrected chi connectivity index (χ2v) is 4.48. The smallest absolute Gasteiger partial charge is 0.271 e. The van der Waals surface area contributed by atoms with Gasteiger partial charge in [-0.15, -0.1) is 0 Å². The summed E-state index contributed by atoms with van der Waals surface area (Å²) in [4.78, 5) is 11.5. The molecule has 1 N–H and O–H groups in total. The van der Waals surface area contributed by atoms with Crippen LogP contribution >= 0.6 is 15.9 Å². The number of halogens is 1. The maximum atomic E-state index is 11.5. The quantitative estimate of drug-likeness (QED) is 0.835. The third-order valence-electron chi connectivity index (χ3n) is 2.20. The van der Waals surface area contributed by atoms with Gasteiger partial charge in [-0.05, 0) is 32.0 Å². The summed E-state index contributed by atoms with van der Waals surface area (Å²) in [7, 11) is 0. The van der Waals surface area contributed by atoms with Crippen LogP contribution in [0.4, 0.5) is 0 Å². The second-order valence-electron chi connectivity index (χ2n) is 3.57. The van der Waals surface area contributed by atoms with E-state index >= 15 is 0 Å². The van der Waals surface area contributed by atoms with Crippen LogP contribution in [-0.2, 0) is 0 Å². The van der Waals surface area contributed by atoms with Crippen LogP contribution in [0, 0.1) is 0 Å². The number of hydrogen-bond acceptors (Lipinski definition) is 1. The highest BCUT2D eigenvalue weighted by Crippen LogP contribution is 2.19. The molecule has 4 heteroatoms. The molecule has 0 saturated heterocycles. The Morgan fingerprint density at radius 2 is 2.14 bits per heavy atom. The van der Waals surface area contributed by atoms with Gasteiger partial charge in [-0.1, -0.05) is 15.9 Å². The summed E-state index contributed by atoms with van der Waals surface area (Å²) in [6.07, 6.45) is 0. The predicted molar refractivity (Wildman–Crippen MR) is 60.6 cm³/mol. The maximum Gasteiger partial charge on any atom is 0.271 e. The summed E-state index contributed by atoms with van der Waals surface area (Å²) in [6, 6.07) is 5.92. The van der Waals surface area contributed by atoms with Gasteiger partial charge in [-0.25, -0.2) is 0 Å². The lowest BCUT2D eigenvalue weighted by atomic mass is 10.2. The van der Waals surface area contributed by atoms with E-state index in [1.807, 2.05) is 36.7 Å². The summed E-state index contributed by atoms with van der Waals surface area (Å²) < 4.78 is 2.86. The molecule has 0 saturated carbocycles. The van der Waals surface area contributed by atoms with Gasteiger partial charge in [0.2, 0.25) is 0 Å². The maximum absolute atomic E-state index is 11.5. The van der Waals surface area contributed by atoms with Crippen molar-refractivity contribution in [3.63, 3.8) is 0 Å². The Bertz CT molecular complexity index is 524. The van der Waals surface area contributed by atoms with Gasteiger partial charge in [0.25, 0.3) is 5.56 Å². The fourth-order valence-corrected chi connectivity index (χ4v) is 1.88. The third-order valence-corrected chi connectivity index (χ3v) is 2.70. The highest BCUT2D eigenvalue weighted by Gasteiger charge is 2.08. The molecule has 0 spiro atoms. The molecular weight excluding hydrogens is 244 g/mol. The van der Waals surface area contributed by atoms with Crippen LogP contribution in [0.25, 0.3) is 10.9 Å². The van der Waals surface area contributed by atoms with Gasteiger partial charge in [-0.3, -0.25) is 14.6 Å². The van der Waals surface area contributed by atoms with E-state index in [1.54, 1.807) is 0 Å². The Morgan fingerprint density at radius 1 is 1.43 bits per heavy atom. The van der Waals surface area contributed by atoms with Crippen LogP contribution in [0.3, 0.4) is 0 Å². The molecule has 0 atom stereocenters. The van der Waals surface area contributed by atoms with Gasteiger partial charge in [0.1, 0.15) is 0 Å². The molecule has 0 aliphatic carbocycles. The predicted octanol–water partition coefficient (Wildman–Crippen LogP) is 2.67. The third kappa shape index (κ3) is 1.39. The molecule has 14 heavy (non-hydrogen) atoms. The normalized spacial score (nSPS) is 11.4. The van der Waals surface area contributed by atoms with Crippen molar-refractivity contribution >= 4 is 26.8 Å². The van der Waals surface area contributed by atoms with Crippen LogP contribution in [0.15, 0.2) is 27.5 Å². The van der Waals surface area contributed by atoms with E-state index in [-0.39, 0.29) is 11.6 Å². The van der Waals surface area contributed by atoms with Crippen LogP contribution in [0.2, 0.25) is 0 Å². The van der Waals surface area contributed by atoms with Crippen molar-refractivity contribution in [2.45, 2.75) is 19.9 Å². The Balaban J connectivity index is 2.86. The number of aromatic nitrogens is 2.